The Hall–Kier alpha value is -2.60. The number of aliphatic hydroxyl groups is 1. The molecule has 0 amide bonds. The Morgan fingerprint density at radius 1 is 1.30 bits per heavy atom. The van der Waals surface area contributed by atoms with Crippen LogP contribution in [0.3, 0.4) is 0 Å². The minimum Gasteiger partial charge on any atom is -0.385 e. The third kappa shape index (κ3) is 3.78. The Kier molecular flexibility index (Phi) is 5.39. The van der Waals surface area contributed by atoms with Gasteiger partial charge in [-0.3, -0.25) is 0 Å². The summed E-state index contributed by atoms with van der Waals surface area (Å²) in [6.07, 6.45) is 3.84. The summed E-state index contributed by atoms with van der Waals surface area (Å²) in [5, 5.41) is 14.2. The van der Waals surface area contributed by atoms with Crippen molar-refractivity contribution in [3.05, 3.63) is 35.7 Å². The molecule has 0 saturated carbocycles. The monoisotopic (exact) mass is 471 g/mol. The van der Waals surface area contributed by atoms with Crippen molar-refractivity contribution in [3.8, 4) is 11.4 Å². The van der Waals surface area contributed by atoms with Gasteiger partial charge in [0.05, 0.1) is 11.9 Å². The normalized spacial score (nSPS) is 23.3. The Morgan fingerprint density at radius 2 is 2.12 bits per heavy atom. The smallest absolute Gasteiger partial charge is 0.279 e. The maximum absolute atomic E-state index is 12.2. The second kappa shape index (κ2) is 8.01. The molecule has 1 aliphatic heterocycles. The number of aromatic nitrogens is 4. The number of rotatable bonds is 6. The molecule has 3 aromatic rings. The van der Waals surface area contributed by atoms with Gasteiger partial charge in [0.25, 0.3) is 10.2 Å². The van der Waals surface area contributed by atoms with Crippen molar-refractivity contribution in [2.24, 2.45) is 0 Å². The summed E-state index contributed by atoms with van der Waals surface area (Å²) in [7, 11) is -2.05. The van der Waals surface area contributed by atoms with Gasteiger partial charge in [-0.05, 0) is 44.2 Å². The van der Waals surface area contributed by atoms with Crippen LogP contribution in [-0.2, 0) is 28.8 Å². The Balaban J connectivity index is 1.56. The third-order valence-electron chi connectivity index (χ3n) is 6.75. The molecule has 1 fully saturated rings. The maximum Gasteiger partial charge on any atom is 0.279 e. The number of fused-ring (bicyclic) bond motifs is 2. The van der Waals surface area contributed by atoms with Crippen molar-refractivity contribution in [2.45, 2.75) is 51.3 Å². The van der Waals surface area contributed by atoms with Crippen LogP contribution in [0.15, 0.2) is 24.5 Å². The van der Waals surface area contributed by atoms with Crippen molar-refractivity contribution < 1.29 is 13.5 Å². The van der Waals surface area contributed by atoms with E-state index < -0.39 is 15.8 Å². The standard InChI is InChI=1S/C22H29N7O3S/c1-4-28-13-24-18-20(25-14-9-11-29(12-14)33(31,32)23-3)26-19(27-21(18)28)16-6-5-7-17-15(16)8-10-22(17,2)30/h5-7,13-14,23,30H,4,8-12H2,1-3H3,(H,25,26,27)/t14-,22-/m0/s1. The van der Waals surface area contributed by atoms with E-state index in [0.717, 1.165) is 28.8 Å². The highest BCUT2D eigenvalue weighted by Crippen LogP contribution is 2.41. The molecule has 5 rings (SSSR count). The molecule has 2 aliphatic rings. The number of nitrogens with zero attached hydrogens (tertiary/aromatic N) is 5. The van der Waals surface area contributed by atoms with Gasteiger partial charge in [-0.1, -0.05) is 18.2 Å². The summed E-state index contributed by atoms with van der Waals surface area (Å²) < 4.78 is 30.1. The molecule has 176 valence electrons. The van der Waals surface area contributed by atoms with Crippen molar-refractivity contribution >= 4 is 27.2 Å². The molecule has 10 nitrogen and oxygen atoms in total. The number of anilines is 1. The van der Waals surface area contributed by atoms with Gasteiger partial charge in [-0.15, -0.1) is 0 Å². The first-order valence-corrected chi connectivity index (χ1v) is 12.7. The lowest BCUT2D eigenvalue weighted by Gasteiger charge is -2.18. The van der Waals surface area contributed by atoms with E-state index in [1.807, 2.05) is 36.6 Å². The van der Waals surface area contributed by atoms with Gasteiger partial charge < -0.3 is 15.0 Å². The fraction of sp³-hybridized carbons (Fsp3) is 0.500. The van der Waals surface area contributed by atoms with Crippen molar-refractivity contribution in [3.63, 3.8) is 0 Å². The first kappa shape index (κ1) is 22.2. The van der Waals surface area contributed by atoms with Crippen LogP contribution in [0, 0.1) is 0 Å². The lowest BCUT2D eigenvalue weighted by atomic mass is 9.96. The highest BCUT2D eigenvalue weighted by Gasteiger charge is 2.34. The van der Waals surface area contributed by atoms with E-state index in [4.69, 9.17) is 9.97 Å². The molecule has 0 spiro atoms. The molecule has 0 radical (unpaired) electrons. The number of hydrogen-bond donors (Lipinski definition) is 3. The van der Waals surface area contributed by atoms with Crippen LogP contribution in [-0.4, -0.2) is 63.5 Å². The minimum atomic E-state index is -3.47. The molecule has 1 aromatic carbocycles. The number of benzene rings is 1. The molecule has 1 saturated heterocycles. The molecular weight excluding hydrogens is 442 g/mol. The average molecular weight is 472 g/mol. The highest BCUT2D eigenvalue weighted by atomic mass is 32.2. The highest BCUT2D eigenvalue weighted by molar-refractivity contribution is 7.87. The van der Waals surface area contributed by atoms with E-state index in [1.165, 1.54) is 11.4 Å². The van der Waals surface area contributed by atoms with Crippen LogP contribution in [0.5, 0.6) is 0 Å². The van der Waals surface area contributed by atoms with Gasteiger partial charge in [-0.2, -0.15) is 12.7 Å². The number of imidazole rings is 1. The topological polar surface area (TPSA) is 125 Å². The lowest BCUT2D eigenvalue weighted by molar-refractivity contribution is 0.0595. The second-order valence-corrected chi connectivity index (χ2v) is 10.8. The molecule has 11 heteroatoms. The third-order valence-corrected chi connectivity index (χ3v) is 8.28. The Morgan fingerprint density at radius 3 is 2.88 bits per heavy atom. The molecule has 0 bridgehead atoms. The lowest BCUT2D eigenvalue weighted by Crippen LogP contribution is -2.38. The van der Waals surface area contributed by atoms with Gasteiger partial charge in [0.2, 0.25) is 0 Å². The van der Waals surface area contributed by atoms with Crippen LogP contribution in [0.4, 0.5) is 5.82 Å². The van der Waals surface area contributed by atoms with Crippen molar-refractivity contribution in [1.82, 2.24) is 28.5 Å². The molecule has 3 heterocycles. The van der Waals surface area contributed by atoms with Gasteiger partial charge >= 0.3 is 0 Å². The average Bonchev–Trinajstić information content (AvgIpc) is 3.51. The molecule has 33 heavy (non-hydrogen) atoms. The second-order valence-electron chi connectivity index (χ2n) is 8.90. The summed E-state index contributed by atoms with van der Waals surface area (Å²) in [6, 6.07) is 5.81. The fourth-order valence-corrected chi connectivity index (χ4v) is 5.84. The van der Waals surface area contributed by atoms with Crippen molar-refractivity contribution in [2.75, 3.05) is 25.5 Å². The summed E-state index contributed by atoms with van der Waals surface area (Å²) in [6.45, 7) is 5.38. The summed E-state index contributed by atoms with van der Waals surface area (Å²) in [4.78, 5) is 14.2. The van der Waals surface area contributed by atoms with Gasteiger partial charge in [0.1, 0.15) is 5.52 Å². The van der Waals surface area contributed by atoms with Crippen LogP contribution in [0.25, 0.3) is 22.6 Å². The quantitative estimate of drug-likeness (QED) is 0.499. The number of nitrogens with one attached hydrogen (secondary N) is 2. The summed E-state index contributed by atoms with van der Waals surface area (Å²) >= 11 is 0. The van der Waals surface area contributed by atoms with E-state index in [2.05, 4.69) is 15.0 Å². The van der Waals surface area contributed by atoms with Crippen molar-refractivity contribution in [1.29, 1.82) is 0 Å². The molecule has 3 N–H and O–H groups in total. The minimum absolute atomic E-state index is 0.0897. The van der Waals surface area contributed by atoms with Gasteiger partial charge in [-0.25, -0.2) is 19.7 Å². The van der Waals surface area contributed by atoms with E-state index in [1.54, 1.807) is 6.33 Å². The largest absolute Gasteiger partial charge is 0.385 e. The molecule has 1 aliphatic carbocycles. The van der Waals surface area contributed by atoms with E-state index in [9.17, 15) is 13.5 Å². The van der Waals surface area contributed by atoms with Gasteiger partial charge in [0, 0.05) is 38.3 Å². The van der Waals surface area contributed by atoms with Gasteiger partial charge in [0.15, 0.2) is 17.3 Å². The van der Waals surface area contributed by atoms with Crippen LogP contribution >= 0.6 is 0 Å². The summed E-state index contributed by atoms with van der Waals surface area (Å²) in [5.41, 5.74) is 3.44. The molecule has 2 atom stereocenters. The first-order valence-electron chi connectivity index (χ1n) is 11.3. The number of aryl methyl sites for hydroxylation is 1. The predicted octanol–water partition coefficient (Wildman–Crippen LogP) is 1.62. The molecule has 2 aromatic heterocycles. The Labute approximate surface area is 193 Å². The first-order chi connectivity index (χ1) is 15.7. The SMILES string of the molecule is CCn1cnc2c(N[C@H]3CCN(S(=O)(=O)NC)C3)nc(-c3cccc4c3CC[C@]4(C)O)nc21. The predicted molar refractivity (Wildman–Crippen MR) is 126 cm³/mol. The van der Waals surface area contributed by atoms with Crippen LogP contribution in [0.2, 0.25) is 0 Å². The summed E-state index contributed by atoms with van der Waals surface area (Å²) in [5.74, 6) is 1.17. The zero-order chi connectivity index (χ0) is 23.4. The van der Waals surface area contributed by atoms with Crippen LogP contribution in [0.1, 0.15) is 37.8 Å². The van der Waals surface area contributed by atoms with E-state index in [0.29, 0.717) is 49.6 Å². The van der Waals surface area contributed by atoms with E-state index >= 15 is 0 Å². The maximum atomic E-state index is 12.2. The zero-order valence-electron chi connectivity index (χ0n) is 19.0. The molecular formula is C22H29N7O3S. The van der Waals surface area contributed by atoms with Crippen LogP contribution < -0.4 is 10.0 Å². The fourth-order valence-electron chi connectivity index (χ4n) is 4.86. The Bertz CT molecular complexity index is 1320. The van der Waals surface area contributed by atoms with E-state index in [-0.39, 0.29) is 6.04 Å². The zero-order valence-corrected chi connectivity index (χ0v) is 19.9. The molecule has 0 unspecified atom stereocenters. The number of hydrogen-bond acceptors (Lipinski definition) is 7.